The van der Waals surface area contributed by atoms with E-state index in [4.69, 9.17) is 4.74 Å². The number of methoxy groups -OCH3 is 1. The Labute approximate surface area is 122 Å². The van der Waals surface area contributed by atoms with E-state index in [1.54, 1.807) is 26.4 Å². The van der Waals surface area contributed by atoms with Gasteiger partial charge in [-0.3, -0.25) is 4.79 Å². The highest BCUT2D eigenvalue weighted by molar-refractivity contribution is 9.10. The van der Waals surface area contributed by atoms with Crippen molar-refractivity contribution >= 4 is 27.7 Å². The van der Waals surface area contributed by atoms with Gasteiger partial charge in [0.25, 0.3) is 5.91 Å². The molecule has 0 bridgehead atoms. The number of rotatable bonds is 7. The van der Waals surface area contributed by atoms with Crippen LogP contribution in [-0.2, 0) is 4.74 Å². The number of amides is 1. The Balaban J connectivity index is 2.83. The molecule has 1 rings (SSSR count). The molecule has 1 amide bonds. The number of nitrogens with one attached hydrogen (secondary N) is 2. The summed E-state index contributed by atoms with van der Waals surface area (Å²) in [4.78, 5) is 16.4. The number of carbonyl (C=O) groups excluding carboxylic acids is 1. The number of pyridine rings is 1. The molecule has 2 N–H and O–H groups in total. The fourth-order valence-corrected chi connectivity index (χ4v) is 2.15. The molecular weight excluding hydrogens is 310 g/mol. The third-order valence-corrected chi connectivity index (χ3v) is 3.11. The molecule has 1 aromatic heterocycles. The fraction of sp³-hybridized carbons (Fsp3) is 0.538. The van der Waals surface area contributed by atoms with Gasteiger partial charge in [0.05, 0.1) is 18.2 Å². The first-order valence-corrected chi connectivity index (χ1v) is 7.04. The van der Waals surface area contributed by atoms with E-state index in [1.807, 2.05) is 0 Å². The summed E-state index contributed by atoms with van der Waals surface area (Å²) in [5.41, 5.74) is 0.522. The molecule has 5 nitrogen and oxygen atoms in total. The zero-order valence-corrected chi connectivity index (χ0v) is 13.1. The molecule has 1 unspecified atom stereocenters. The van der Waals surface area contributed by atoms with E-state index in [-0.39, 0.29) is 11.9 Å². The summed E-state index contributed by atoms with van der Waals surface area (Å²) in [6.45, 7) is 2.59. The minimum Gasteiger partial charge on any atom is -0.383 e. The first-order chi connectivity index (χ1) is 9.12. The monoisotopic (exact) mass is 329 g/mol. The van der Waals surface area contributed by atoms with Crippen LogP contribution in [0, 0.1) is 0 Å². The molecule has 0 aliphatic carbocycles. The van der Waals surface area contributed by atoms with Crippen LogP contribution in [0.2, 0.25) is 0 Å². The maximum Gasteiger partial charge on any atom is 0.255 e. The maximum atomic E-state index is 12.3. The molecule has 106 valence electrons. The van der Waals surface area contributed by atoms with Crippen LogP contribution in [0.1, 0.15) is 30.1 Å². The normalized spacial score (nSPS) is 12.0. The lowest BCUT2D eigenvalue weighted by Gasteiger charge is -2.18. The number of aromatic nitrogens is 1. The average molecular weight is 330 g/mol. The molecule has 0 aromatic carbocycles. The van der Waals surface area contributed by atoms with Crippen molar-refractivity contribution in [2.24, 2.45) is 0 Å². The topological polar surface area (TPSA) is 63.2 Å². The van der Waals surface area contributed by atoms with Crippen molar-refractivity contribution in [2.45, 2.75) is 25.8 Å². The smallest absolute Gasteiger partial charge is 0.255 e. The van der Waals surface area contributed by atoms with Gasteiger partial charge in [-0.25, -0.2) is 4.98 Å². The first-order valence-electron chi connectivity index (χ1n) is 6.25. The molecule has 1 aromatic rings. The van der Waals surface area contributed by atoms with Crippen LogP contribution >= 0.6 is 15.9 Å². The first kappa shape index (κ1) is 15.9. The van der Waals surface area contributed by atoms with Crippen LogP contribution in [0.25, 0.3) is 0 Å². The van der Waals surface area contributed by atoms with Gasteiger partial charge >= 0.3 is 0 Å². The van der Waals surface area contributed by atoms with Crippen molar-refractivity contribution in [3.63, 3.8) is 0 Å². The van der Waals surface area contributed by atoms with Crippen LogP contribution < -0.4 is 10.6 Å². The minimum absolute atomic E-state index is 0.0196. The number of anilines is 1. The molecule has 6 heteroatoms. The molecule has 1 atom stereocenters. The maximum absolute atomic E-state index is 12.3. The van der Waals surface area contributed by atoms with Crippen LogP contribution in [-0.4, -0.2) is 37.7 Å². The zero-order valence-electron chi connectivity index (χ0n) is 11.5. The molecule has 19 heavy (non-hydrogen) atoms. The summed E-state index contributed by atoms with van der Waals surface area (Å²) in [7, 11) is 3.38. The molecule has 1 heterocycles. The summed E-state index contributed by atoms with van der Waals surface area (Å²) in [5, 5.41) is 5.89. The van der Waals surface area contributed by atoms with Crippen molar-refractivity contribution in [1.29, 1.82) is 0 Å². The lowest BCUT2D eigenvalue weighted by Crippen LogP contribution is -2.38. The SMILES string of the molecule is CCCC(COC)NC(=O)c1cc(Br)cnc1NC. The van der Waals surface area contributed by atoms with E-state index in [1.165, 1.54) is 0 Å². The third kappa shape index (κ3) is 4.80. The summed E-state index contributed by atoms with van der Waals surface area (Å²) in [5.74, 6) is 0.419. The molecule has 0 spiro atoms. The molecule has 0 radical (unpaired) electrons. The summed E-state index contributed by atoms with van der Waals surface area (Å²) < 4.78 is 5.89. The highest BCUT2D eigenvalue weighted by Crippen LogP contribution is 2.17. The molecule has 0 saturated carbocycles. The van der Waals surface area contributed by atoms with Gasteiger partial charge in [0.2, 0.25) is 0 Å². The zero-order chi connectivity index (χ0) is 14.3. The van der Waals surface area contributed by atoms with E-state index < -0.39 is 0 Å². The van der Waals surface area contributed by atoms with Crippen molar-refractivity contribution in [3.05, 3.63) is 22.3 Å². The molecule has 0 saturated heterocycles. The predicted octanol–water partition coefficient (Wildman–Crippen LogP) is 2.43. The summed E-state index contributed by atoms with van der Waals surface area (Å²) in [6.07, 6.45) is 3.53. The molecule has 0 fully saturated rings. The van der Waals surface area contributed by atoms with Crippen molar-refractivity contribution in [1.82, 2.24) is 10.3 Å². The van der Waals surface area contributed by atoms with Crippen molar-refractivity contribution < 1.29 is 9.53 Å². The van der Waals surface area contributed by atoms with Gasteiger partial charge in [-0.1, -0.05) is 13.3 Å². The van der Waals surface area contributed by atoms with Gasteiger partial charge in [-0.05, 0) is 28.4 Å². The summed E-state index contributed by atoms with van der Waals surface area (Å²) in [6, 6.07) is 1.77. The number of carbonyl (C=O) groups is 1. The largest absolute Gasteiger partial charge is 0.383 e. The van der Waals surface area contributed by atoms with Gasteiger partial charge < -0.3 is 15.4 Å². The van der Waals surface area contributed by atoms with E-state index in [0.717, 1.165) is 17.3 Å². The highest BCUT2D eigenvalue weighted by atomic mass is 79.9. The minimum atomic E-state index is -0.145. The van der Waals surface area contributed by atoms with Gasteiger partial charge in [0, 0.05) is 24.8 Å². The number of nitrogens with zero attached hydrogens (tertiary/aromatic N) is 1. The Morgan fingerprint density at radius 2 is 2.32 bits per heavy atom. The lowest BCUT2D eigenvalue weighted by molar-refractivity contribution is 0.0892. The van der Waals surface area contributed by atoms with E-state index in [0.29, 0.717) is 18.0 Å². The van der Waals surface area contributed by atoms with Gasteiger partial charge in [-0.15, -0.1) is 0 Å². The summed E-state index contributed by atoms with van der Waals surface area (Å²) >= 11 is 3.33. The number of hydrogen-bond donors (Lipinski definition) is 2. The number of halogens is 1. The molecule has 0 aliphatic rings. The third-order valence-electron chi connectivity index (χ3n) is 2.68. The Kier molecular flexibility index (Phi) is 6.80. The average Bonchev–Trinajstić information content (AvgIpc) is 2.39. The quantitative estimate of drug-likeness (QED) is 0.806. The van der Waals surface area contributed by atoms with Crippen LogP contribution in [0.4, 0.5) is 5.82 Å². The number of hydrogen-bond acceptors (Lipinski definition) is 4. The van der Waals surface area contributed by atoms with Crippen LogP contribution in [0.5, 0.6) is 0 Å². The Morgan fingerprint density at radius 3 is 2.89 bits per heavy atom. The molecular formula is C13H20BrN3O2. The Bertz CT molecular complexity index is 420. The Hall–Kier alpha value is -1.14. The van der Waals surface area contributed by atoms with Crippen LogP contribution in [0.15, 0.2) is 16.7 Å². The van der Waals surface area contributed by atoms with Crippen molar-refractivity contribution in [2.75, 3.05) is 26.1 Å². The van der Waals surface area contributed by atoms with Gasteiger partial charge in [0.15, 0.2) is 0 Å². The predicted molar refractivity (Wildman–Crippen MR) is 79.5 cm³/mol. The lowest BCUT2D eigenvalue weighted by atomic mass is 10.1. The van der Waals surface area contributed by atoms with Gasteiger partial charge in [-0.2, -0.15) is 0 Å². The molecule has 0 aliphatic heterocycles. The highest BCUT2D eigenvalue weighted by Gasteiger charge is 2.16. The number of ether oxygens (including phenoxy) is 1. The van der Waals surface area contributed by atoms with E-state index in [9.17, 15) is 4.79 Å². The van der Waals surface area contributed by atoms with Crippen molar-refractivity contribution in [3.8, 4) is 0 Å². The standard InChI is InChI=1S/C13H20BrN3O2/c1-4-5-10(8-19-3)17-13(18)11-6-9(14)7-16-12(11)15-2/h6-7,10H,4-5,8H2,1-3H3,(H,15,16)(H,17,18). The van der Waals surface area contributed by atoms with E-state index in [2.05, 4.69) is 38.5 Å². The second kappa shape index (κ2) is 8.12. The fourth-order valence-electron chi connectivity index (χ4n) is 1.82. The van der Waals surface area contributed by atoms with Gasteiger partial charge in [0.1, 0.15) is 5.82 Å². The Morgan fingerprint density at radius 1 is 1.58 bits per heavy atom. The second-order valence-corrected chi connectivity index (χ2v) is 5.13. The second-order valence-electron chi connectivity index (χ2n) is 4.21. The van der Waals surface area contributed by atoms with E-state index >= 15 is 0 Å². The van der Waals surface area contributed by atoms with Crippen LogP contribution in [0.3, 0.4) is 0 Å².